The molecule has 0 aliphatic carbocycles. The van der Waals surface area contributed by atoms with Crippen LogP contribution in [0.1, 0.15) is 27.0 Å². The van der Waals surface area contributed by atoms with Gasteiger partial charge in [-0.1, -0.05) is 47.0 Å². The molecule has 0 saturated carbocycles. The molecule has 190 valence electrons. The number of amides is 3. The van der Waals surface area contributed by atoms with Gasteiger partial charge in [0.05, 0.1) is 16.3 Å². The molecular formula is C26H18Cl2F3N3O3. The van der Waals surface area contributed by atoms with Gasteiger partial charge in [0.15, 0.2) is 0 Å². The van der Waals surface area contributed by atoms with Gasteiger partial charge in [-0.15, -0.1) is 0 Å². The van der Waals surface area contributed by atoms with Crippen LogP contribution in [0.25, 0.3) is 0 Å². The normalized spacial score (nSPS) is 13.9. The van der Waals surface area contributed by atoms with Gasteiger partial charge in [-0.25, -0.2) is 4.90 Å². The SMILES string of the molecule is Cc1ccc(N2C(=O)C(Cl)=C(Nc3cc(C(=O)Nc4ccc(Cl)c(C(F)(F)F)c4)ccc3C)C2=O)cc1. The molecule has 4 rings (SSSR count). The van der Waals surface area contributed by atoms with E-state index in [0.29, 0.717) is 16.9 Å². The minimum absolute atomic E-state index is 0.0838. The number of anilines is 3. The van der Waals surface area contributed by atoms with Crippen LogP contribution in [-0.4, -0.2) is 17.7 Å². The second-order valence-corrected chi connectivity index (χ2v) is 9.06. The first kappa shape index (κ1) is 26.2. The number of hydrogen-bond acceptors (Lipinski definition) is 4. The van der Waals surface area contributed by atoms with Crippen LogP contribution in [0.4, 0.5) is 30.2 Å². The average Bonchev–Trinajstić information content (AvgIpc) is 3.04. The summed E-state index contributed by atoms with van der Waals surface area (Å²) in [5.74, 6) is -2.07. The first-order chi connectivity index (χ1) is 17.4. The second-order valence-electron chi connectivity index (χ2n) is 8.27. The Hall–Kier alpha value is -3.82. The van der Waals surface area contributed by atoms with Crippen LogP contribution in [0, 0.1) is 13.8 Å². The topological polar surface area (TPSA) is 78.5 Å². The summed E-state index contributed by atoms with van der Waals surface area (Å²) in [5, 5.41) is 4.43. The van der Waals surface area contributed by atoms with E-state index in [1.165, 1.54) is 18.2 Å². The zero-order valence-electron chi connectivity index (χ0n) is 19.3. The van der Waals surface area contributed by atoms with Gasteiger partial charge in [0, 0.05) is 16.9 Å². The molecule has 0 bridgehead atoms. The summed E-state index contributed by atoms with van der Waals surface area (Å²) in [6.07, 6.45) is -4.69. The number of nitrogens with zero attached hydrogens (tertiary/aromatic N) is 1. The standard InChI is InChI=1S/C26H18Cl2F3N3O3/c1-13-3-8-17(9-4-13)34-24(36)21(28)22(25(34)37)33-20-11-15(6-5-14(20)2)23(35)32-16-7-10-19(27)18(12-16)26(29,30)31/h3-12,33H,1-2H3,(H,32,35). The van der Waals surface area contributed by atoms with Gasteiger partial charge in [-0.05, 0) is 61.9 Å². The molecule has 0 aromatic heterocycles. The third-order valence-corrected chi connectivity index (χ3v) is 6.29. The minimum atomic E-state index is -4.69. The summed E-state index contributed by atoms with van der Waals surface area (Å²) in [6.45, 7) is 3.57. The quantitative estimate of drug-likeness (QED) is 0.350. The van der Waals surface area contributed by atoms with Crippen molar-refractivity contribution in [2.24, 2.45) is 0 Å². The van der Waals surface area contributed by atoms with Crippen LogP contribution in [0.2, 0.25) is 5.02 Å². The Balaban J connectivity index is 1.57. The molecule has 6 nitrogen and oxygen atoms in total. The lowest BCUT2D eigenvalue weighted by Gasteiger charge is -2.16. The molecule has 0 radical (unpaired) electrons. The van der Waals surface area contributed by atoms with Crippen LogP contribution < -0.4 is 15.5 Å². The molecule has 11 heteroatoms. The van der Waals surface area contributed by atoms with E-state index in [-0.39, 0.29) is 22.0 Å². The van der Waals surface area contributed by atoms with Gasteiger partial charge in [0.2, 0.25) is 0 Å². The third-order valence-electron chi connectivity index (χ3n) is 5.61. The molecule has 0 atom stereocenters. The van der Waals surface area contributed by atoms with Gasteiger partial charge >= 0.3 is 6.18 Å². The molecule has 0 fully saturated rings. The number of nitrogens with one attached hydrogen (secondary N) is 2. The molecule has 2 N–H and O–H groups in total. The summed E-state index contributed by atoms with van der Waals surface area (Å²) in [6, 6.07) is 14.2. The number of benzene rings is 3. The number of alkyl halides is 3. The molecule has 3 aromatic rings. The van der Waals surface area contributed by atoms with Crippen LogP contribution in [-0.2, 0) is 15.8 Å². The monoisotopic (exact) mass is 547 g/mol. The molecule has 1 aliphatic rings. The fourth-order valence-electron chi connectivity index (χ4n) is 3.60. The highest BCUT2D eigenvalue weighted by atomic mass is 35.5. The van der Waals surface area contributed by atoms with Crippen molar-refractivity contribution in [3.05, 3.63) is 98.7 Å². The van der Waals surface area contributed by atoms with Gasteiger partial charge in [-0.3, -0.25) is 14.4 Å². The number of rotatable bonds is 5. The second kappa shape index (κ2) is 9.91. The molecule has 1 heterocycles. The lowest BCUT2D eigenvalue weighted by atomic mass is 10.1. The first-order valence-corrected chi connectivity index (χ1v) is 11.5. The summed E-state index contributed by atoms with van der Waals surface area (Å²) in [7, 11) is 0. The van der Waals surface area contributed by atoms with Crippen LogP contribution in [0.3, 0.4) is 0 Å². The van der Waals surface area contributed by atoms with Crippen molar-refractivity contribution in [2.75, 3.05) is 15.5 Å². The van der Waals surface area contributed by atoms with Crippen molar-refractivity contribution >= 4 is 58.0 Å². The Bertz CT molecular complexity index is 1470. The number of halogens is 5. The van der Waals surface area contributed by atoms with E-state index < -0.39 is 34.5 Å². The number of carbonyl (C=O) groups excluding carboxylic acids is 3. The third kappa shape index (κ3) is 5.33. The lowest BCUT2D eigenvalue weighted by molar-refractivity contribution is -0.137. The zero-order valence-corrected chi connectivity index (χ0v) is 20.8. The van der Waals surface area contributed by atoms with E-state index >= 15 is 0 Å². The number of aryl methyl sites for hydroxylation is 2. The van der Waals surface area contributed by atoms with Gasteiger partial charge < -0.3 is 10.6 Å². The highest BCUT2D eigenvalue weighted by Crippen LogP contribution is 2.36. The van der Waals surface area contributed by atoms with Crippen molar-refractivity contribution in [3.63, 3.8) is 0 Å². The van der Waals surface area contributed by atoms with Crippen molar-refractivity contribution < 1.29 is 27.6 Å². The lowest BCUT2D eigenvalue weighted by Crippen LogP contribution is -2.32. The van der Waals surface area contributed by atoms with E-state index in [4.69, 9.17) is 23.2 Å². The Labute approximate surface area is 219 Å². The summed E-state index contributed by atoms with van der Waals surface area (Å²) < 4.78 is 39.4. The largest absolute Gasteiger partial charge is 0.417 e. The van der Waals surface area contributed by atoms with Crippen LogP contribution >= 0.6 is 23.2 Å². The Morgan fingerprint density at radius 2 is 1.57 bits per heavy atom. The van der Waals surface area contributed by atoms with Gasteiger partial charge in [0.25, 0.3) is 17.7 Å². The van der Waals surface area contributed by atoms with E-state index in [9.17, 15) is 27.6 Å². The predicted molar refractivity (Wildman–Crippen MR) is 136 cm³/mol. The smallest absolute Gasteiger partial charge is 0.349 e. The summed E-state index contributed by atoms with van der Waals surface area (Å²) in [4.78, 5) is 39.5. The summed E-state index contributed by atoms with van der Waals surface area (Å²) >= 11 is 11.8. The molecular weight excluding hydrogens is 530 g/mol. The molecule has 0 unspecified atom stereocenters. The zero-order chi connectivity index (χ0) is 27.1. The minimum Gasteiger partial charge on any atom is -0.349 e. The van der Waals surface area contributed by atoms with Gasteiger partial charge in [-0.2, -0.15) is 13.2 Å². The predicted octanol–water partition coefficient (Wildman–Crippen LogP) is 6.66. The number of imide groups is 1. The van der Waals surface area contributed by atoms with E-state index in [2.05, 4.69) is 10.6 Å². The molecule has 3 amide bonds. The first-order valence-electron chi connectivity index (χ1n) is 10.8. The van der Waals surface area contributed by atoms with Crippen molar-refractivity contribution in [1.82, 2.24) is 0 Å². The van der Waals surface area contributed by atoms with Crippen LogP contribution in [0.15, 0.2) is 71.4 Å². The van der Waals surface area contributed by atoms with Crippen molar-refractivity contribution in [1.29, 1.82) is 0 Å². The molecule has 3 aromatic carbocycles. The molecule has 0 spiro atoms. The van der Waals surface area contributed by atoms with E-state index in [0.717, 1.165) is 22.6 Å². The molecule has 1 aliphatic heterocycles. The Kier molecular flexibility index (Phi) is 7.03. The average molecular weight is 548 g/mol. The van der Waals surface area contributed by atoms with Gasteiger partial charge in [0.1, 0.15) is 10.7 Å². The van der Waals surface area contributed by atoms with E-state index in [1.807, 2.05) is 6.92 Å². The fourth-order valence-corrected chi connectivity index (χ4v) is 4.03. The molecule has 0 saturated heterocycles. The Morgan fingerprint density at radius 3 is 2.22 bits per heavy atom. The maximum absolute atomic E-state index is 13.1. The highest BCUT2D eigenvalue weighted by Gasteiger charge is 2.39. The molecule has 37 heavy (non-hydrogen) atoms. The van der Waals surface area contributed by atoms with Crippen LogP contribution in [0.5, 0.6) is 0 Å². The van der Waals surface area contributed by atoms with E-state index in [1.54, 1.807) is 37.3 Å². The van der Waals surface area contributed by atoms with Crippen molar-refractivity contribution in [3.8, 4) is 0 Å². The number of carbonyl (C=O) groups is 3. The maximum Gasteiger partial charge on any atom is 0.417 e. The number of hydrogen-bond donors (Lipinski definition) is 2. The maximum atomic E-state index is 13.1. The summed E-state index contributed by atoms with van der Waals surface area (Å²) in [5.41, 5.74) is 0.949. The fraction of sp³-hybridized carbons (Fsp3) is 0.115. The van der Waals surface area contributed by atoms with Crippen molar-refractivity contribution in [2.45, 2.75) is 20.0 Å². The highest BCUT2D eigenvalue weighted by molar-refractivity contribution is 6.53. The Morgan fingerprint density at radius 1 is 0.892 bits per heavy atom.